The number of halogens is 1. The van der Waals surface area contributed by atoms with Gasteiger partial charge in [0.15, 0.2) is 0 Å². The number of rotatable bonds is 4. The van der Waals surface area contributed by atoms with E-state index in [0.717, 1.165) is 24.9 Å². The molecular formula is C18H21FN2. The van der Waals surface area contributed by atoms with Crippen LogP contribution in [0.15, 0.2) is 54.6 Å². The van der Waals surface area contributed by atoms with Crippen molar-refractivity contribution >= 4 is 0 Å². The summed E-state index contributed by atoms with van der Waals surface area (Å²) >= 11 is 0. The highest BCUT2D eigenvalue weighted by Gasteiger charge is 2.25. The van der Waals surface area contributed by atoms with E-state index < -0.39 is 0 Å². The smallest absolute Gasteiger partial charge is 0.127 e. The summed E-state index contributed by atoms with van der Waals surface area (Å²) in [4.78, 5) is 0. The summed E-state index contributed by atoms with van der Waals surface area (Å²) in [6.07, 6.45) is 2.26. The first-order valence-corrected chi connectivity index (χ1v) is 7.60. The van der Waals surface area contributed by atoms with E-state index in [4.69, 9.17) is 0 Å². The van der Waals surface area contributed by atoms with E-state index in [2.05, 4.69) is 34.9 Å². The van der Waals surface area contributed by atoms with Crippen molar-refractivity contribution in [3.8, 4) is 0 Å². The first kappa shape index (κ1) is 14.2. The van der Waals surface area contributed by atoms with Crippen LogP contribution in [-0.2, 0) is 6.54 Å². The molecule has 2 aromatic carbocycles. The fourth-order valence-corrected chi connectivity index (χ4v) is 3.00. The van der Waals surface area contributed by atoms with Crippen LogP contribution in [0.5, 0.6) is 0 Å². The van der Waals surface area contributed by atoms with Crippen LogP contribution in [0.4, 0.5) is 4.39 Å². The monoisotopic (exact) mass is 284 g/mol. The summed E-state index contributed by atoms with van der Waals surface area (Å²) in [7, 11) is 0. The van der Waals surface area contributed by atoms with E-state index in [1.165, 1.54) is 11.6 Å². The first-order chi connectivity index (χ1) is 10.3. The molecule has 110 valence electrons. The Hall–Kier alpha value is -1.71. The van der Waals surface area contributed by atoms with Gasteiger partial charge in [-0.25, -0.2) is 4.39 Å². The van der Waals surface area contributed by atoms with Crippen molar-refractivity contribution in [2.24, 2.45) is 0 Å². The maximum atomic E-state index is 13.7. The van der Waals surface area contributed by atoms with Crippen LogP contribution in [0.3, 0.4) is 0 Å². The molecule has 0 aromatic heterocycles. The van der Waals surface area contributed by atoms with E-state index in [1.54, 1.807) is 6.07 Å². The molecule has 0 bridgehead atoms. The quantitative estimate of drug-likeness (QED) is 0.899. The fourth-order valence-electron chi connectivity index (χ4n) is 3.00. The molecule has 0 unspecified atom stereocenters. The third kappa shape index (κ3) is 3.49. The van der Waals surface area contributed by atoms with Crippen LogP contribution in [0.1, 0.15) is 30.0 Å². The summed E-state index contributed by atoms with van der Waals surface area (Å²) in [6, 6.07) is 18.1. The lowest BCUT2D eigenvalue weighted by atomic mass is 9.92. The van der Waals surface area contributed by atoms with Gasteiger partial charge in [0.25, 0.3) is 0 Å². The molecule has 1 fully saturated rings. The molecule has 1 heterocycles. The zero-order valence-electron chi connectivity index (χ0n) is 12.1. The second-order valence-corrected chi connectivity index (χ2v) is 5.56. The van der Waals surface area contributed by atoms with Gasteiger partial charge in [-0.1, -0.05) is 48.5 Å². The molecule has 3 heteroatoms. The summed E-state index contributed by atoms with van der Waals surface area (Å²) in [5, 5.41) is 7.10. The van der Waals surface area contributed by atoms with Gasteiger partial charge in [-0.05, 0) is 31.0 Å². The summed E-state index contributed by atoms with van der Waals surface area (Å²) < 4.78 is 13.7. The van der Waals surface area contributed by atoms with E-state index in [1.807, 2.05) is 18.2 Å². The molecule has 0 amide bonds. The number of benzene rings is 2. The van der Waals surface area contributed by atoms with Gasteiger partial charge in [-0.2, -0.15) is 0 Å². The predicted octanol–water partition coefficient (Wildman–Crippen LogP) is 3.41. The molecule has 1 aliphatic heterocycles. The lowest BCUT2D eigenvalue weighted by Gasteiger charge is -2.34. The van der Waals surface area contributed by atoms with Crippen molar-refractivity contribution < 1.29 is 4.39 Å². The van der Waals surface area contributed by atoms with Crippen molar-refractivity contribution in [3.63, 3.8) is 0 Å². The van der Waals surface area contributed by atoms with Gasteiger partial charge in [-0.3, -0.25) is 0 Å². The molecule has 2 nitrogen and oxygen atoms in total. The van der Waals surface area contributed by atoms with E-state index in [9.17, 15) is 4.39 Å². The second-order valence-electron chi connectivity index (χ2n) is 5.56. The highest BCUT2D eigenvalue weighted by Crippen LogP contribution is 2.24. The Bertz CT molecular complexity index is 570. The van der Waals surface area contributed by atoms with Crippen LogP contribution in [0.25, 0.3) is 0 Å². The molecule has 1 saturated heterocycles. The lowest BCUT2D eigenvalue weighted by Crippen LogP contribution is -2.45. The number of nitrogens with one attached hydrogen (secondary N) is 2. The molecule has 0 saturated carbocycles. The van der Waals surface area contributed by atoms with Gasteiger partial charge in [-0.15, -0.1) is 0 Å². The molecule has 0 aliphatic carbocycles. The minimum Gasteiger partial charge on any atom is -0.309 e. The zero-order chi connectivity index (χ0) is 14.5. The summed E-state index contributed by atoms with van der Waals surface area (Å²) in [6.45, 7) is 1.61. The standard InChI is InChI=1S/C18H21FN2/c19-16-10-5-4-9-15(16)13-21-17-11-6-12-20-18(17)14-7-2-1-3-8-14/h1-5,7-10,17-18,20-21H,6,11-13H2/t17-,18-/m0/s1. The molecule has 3 rings (SSSR count). The molecular weight excluding hydrogens is 263 g/mol. The molecule has 2 aromatic rings. The maximum absolute atomic E-state index is 13.7. The Labute approximate surface area is 125 Å². The van der Waals surface area contributed by atoms with Gasteiger partial charge >= 0.3 is 0 Å². The van der Waals surface area contributed by atoms with Crippen molar-refractivity contribution in [3.05, 3.63) is 71.5 Å². The van der Waals surface area contributed by atoms with Crippen LogP contribution >= 0.6 is 0 Å². The normalized spacial score (nSPS) is 22.1. The molecule has 2 N–H and O–H groups in total. The van der Waals surface area contributed by atoms with Crippen molar-refractivity contribution in [1.82, 2.24) is 10.6 Å². The van der Waals surface area contributed by atoms with Crippen molar-refractivity contribution in [2.45, 2.75) is 31.5 Å². The Kier molecular flexibility index (Phi) is 4.63. The Morgan fingerprint density at radius 1 is 1.05 bits per heavy atom. The van der Waals surface area contributed by atoms with Gasteiger partial charge in [0.2, 0.25) is 0 Å². The van der Waals surface area contributed by atoms with Gasteiger partial charge < -0.3 is 10.6 Å². The topological polar surface area (TPSA) is 24.1 Å². The van der Waals surface area contributed by atoms with Crippen molar-refractivity contribution in [1.29, 1.82) is 0 Å². The minimum atomic E-state index is -0.134. The van der Waals surface area contributed by atoms with Gasteiger partial charge in [0.05, 0.1) is 0 Å². The fraction of sp³-hybridized carbons (Fsp3) is 0.333. The summed E-state index contributed by atoms with van der Waals surface area (Å²) in [5.74, 6) is -0.134. The molecule has 21 heavy (non-hydrogen) atoms. The Balaban J connectivity index is 1.69. The molecule has 1 aliphatic rings. The molecule has 0 radical (unpaired) electrons. The number of piperidine rings is 1. The average molecular weight is 284 g/mol. The Morgan fingerprint density at radius 3 is 2.62 bits per heavy atom. The average Bonchev–Trinajstić information content (AvgIpc) is 2.55. The van der Waals surface area contributed by atoms with Crippen molar-refractivity contribution in [2.75, 3.05) is 6.54 Å². The third-order valence-corrected chi connectivity index (χ3v) is 4.13. The van der Waals surface area contributed by atoms with E-state index in [-0.39, 0.29) is 5.82 Å². The maximum Gasteiger partial charge on any atom is 0.127 e. The second kappa shape index (κ2) is 6.83. The highest BCUT2D eigenvalue weighted by molar-refractivity contribution is 5.22. The predicted molar refractivity (Wildman–Crippen MR) is 83.4 cm³/mol. The van der Waals surface area contributed by atoms with Crippen LogP contribution in [0.2, 0.25) is 0 Å². The first-order valence-electron chi connectivity index (χ1n) is 7.60. The van der Waals surface area contributed by atoms with E-state index in [0.29, 0.717) is 18.6 Å². The third-order valence-electron chi connectivity index (χ3n) is 4.13. The number of hydrogen-bond acceptors (Lipinski definition) is 2. The minimum absolute atomic E-state index is 0.134. The van der Waals surface area contributed by atoms with E-state index >= 15 is 0 Å². The van der Waals surface area contributed by atoms with Crippen LogP contribution in [-0.4, -0.2) is 12.6 Å². The van der Waals surface area contributed by atoms with Crippen LogP contribution < -0.4 is 10.6 Å². The van der Waals surface area contributed by atoms with Gasteiger partial charge in [0.1, 0.15) is 5.82 Å². The lowest BCUT2D eigenvalue weighted by molar-refractivity contribution is 0.303. The summed E-state index contributed by atoms with van der Waals surface area (Å²) in [5.41, 5.74) is 2.03. The number of hydrogen-bond donors (Lipinski definition) is 2. The zero-order valence-corrected chi connectivity index (χ0v) is 12.1. The molecule has 0 spiro atoms. The molecule has 2 atom stereocenters. The highest BCUT2D eigenvalue weighted by atomic mass is 19.1. The SMILES string of the molecule is Fc1ccccc1CN[C@H]1CCCN[C@H]1c1ccccc1. The Morgan fingerprint density at radius 2 is 1.81 bits per heavy atom. The largest absolute Gasteiger partial charge is 0.309 e. The van der Waals surface area contributed by atoms with Gasteiger partial charge in [0, 0.05) is 24.2 Å². The van der Waals surface area contributed by atoms with Crippen LogP contribution in [0, 0.1) is 5.82 Å².